The lowest BCUT2D eigenvalue weighted by atomic mass is 9.86. The molecule has 0 spiro atoms. The second-order valence-electron chi connectivity index (χ2n) is 5.73. The van der Waals surface area contributed by atoms with E-state index >= 15 is 0 Å². The van der Waals surface area contributed by atoms with E-state index in [9.17, 15) is 9.90 Å². The van der Waals surface area contributed by atoms with Crippen molar-refractivity contribution in [3.8, 4) is 0 Å². The molecule has 0 radical (unpaired) electrons. The van der Waals surface area contributed by atoms with Crippen LogP contribution in [-0.2, 0) is 14.9 Å². The first-order valence-electron chi connectivity index (χ1n) is 6.78. The summed E-state index contributed by atoms with van der Waals surface area (Å²) in [4.78, 5) is 11.2. The number of rotatable bonds is 5. The lowest BCUT2D eigenvalue weighted by Gasteiger charge is -2.20. The molecule has 106 valence electrons. The van der Waals surface area contributed by atoms with Crippen molar-refractivity contribution in [1.29, 1.82) is 0 Å². The van der Waals surface area contributed by atoms with E-state index in [-0.39, 0.29) is 17.8 Å². The third kappa shape index (κ3) is 5.03. The Hall–Kier alpha value is -1.35. The minimum Gasteiger partial charge on any atom is -0.466 e. The van der Waals surface area contributed by atoms with Crippen LogP contribution in [0.5, 0.6) is 0 Å². The number of aliphatic hydroxyl groups is 1. The van der Waals surface area contributed by atoms with Gasteiger partial charge in [0.15, 0.2) is 0 Å². The summed E-state index contributed by atoms with van der Waals surface area (Å²) >= 11 is 0. The normalized spacial score (nSPS) is 13.1. The quantitative estimate of drug-likeness (QED) is 0.829. The molecule has 1 aromatic rings. The summed E-state index contributed by atoms with van der Waals surface area (Å²) in [5, 5.41) is 10.0. The summed E-state index contributed by atoms with van der Waals surface area (Å²) in [7, 11) is 0. The summed E-state index contributed by atoms with van der Waals surface area (Å²) in [5.41, 5.74) is 2.18. The molecular weight excluding hydrogens is 240 g/mol. The summed E-state index contributed by atoms with van der Waals surface area (Å²) in [5.74, 6) is -0.257. The lowest BCUT2D eigenvalue weighted by Crippen LogP contribution is -2.11. The Kier molecular flexibility index (Phi) is 5.55. The van der Waals surface area contributed by atoms with E-state index in [0.717, 1.165) is 5.56 Å². The second kappa shape index (κ2) is 6.71. The van der Waals surface area contributed by atoms with Gasteiger partial charge in [-0.3, -0.25) is 4.79 Å². The van der Waals surface area contributed by atoms with Crippen LogP contribution in [0.25, 0.3) is 0 Å². The Balaban J connectivity index is 2.58. The number of benzene rings is 1. The number of carbonyl (C=O) groups is 1. The average Bonchev–Trinajstić information content (AvgIpc) is 2.35. The van der Waals surface area contributed by atoms with E-state index in [2.05, 4.69) is 20.8 Å². The predicted octanol–water partition coefficient (Wildman–Crippen LogP) is 3.36. The van der Waals surface area contributed by atoms with Crippen LogP contribution >= 0.6 is 0 Å². The van der Waals surface area contributed by atoms with Gasteiger partial charge in [-0.15, -0.1) is 0 Å². The molecular formula is C16H24O3. The molecule has 19 heavy (non-hydrogen) atoms. The molecule has 0 saturated carbocycles. The van der Waals surface area contributed by atoms with Gasteiger partial charge in [0.05, 0.1) is 12.7 Å². The summed E-state index contributed by atoms with van der Waals surface area (Å²) in [6, 6.07) is 7.92. The molecule has 0 aliphatic rings. The third-order valence-corrected chi connectivity index (χ3v) is 3.09. The molecule has 0 fully saturated rings. The first-order chi connectivity index (χ1) is 8.84. The number of aliphatic hydroxyl groups excluding tert-OH is 1. The van der Waals surface area contributed by atoms with Gasteiger partial charge >= 0.3 is 5.97 Å². The third-order valence-electron chi connectivity index (χ3n) is 3.09. The summed E-state index contributed by atoms with van der Waals surface area (Å²) < 4.78 is 4.84. The van der Waals surface area contributed by atoms with E-state index in [1.165, 1.54) is 5.56 Å². The summed E-state index contributed by atoms with van der Waals surface area (Å²) in [6.45, 7) is 8.62. The van der Waals surface area contributed by atoms with Gasteiger partial charge in [0.2, 0.25) is 0 Å². The van der Waals surface area contributed by atoms with E-state index in [1.54, 1.807) is 6.92 Å². The first kappa shape index (κ1) is 15.7. The fourth-order valence-electron chi connectivity index (χ4n) is 1.86. The smallest absolute Gasteiger partial charge is 0.305 e. The standard InChI is InChI=1S/C16H24O3/c1-5-19-15(18)11-10-14(17)12-6-8-13(9-7-12)16(2,3)4/h6-9,14,17H,5,10-11H2,1-4H3. The average molecular weight is 264 g/mol. The van der Waals surface area contributed by atoms with E-state index < -0.39 is 6.10 Å². The molecule has 1 N–H and O–H groups in total. The van der Waals surface area contributed by atoms with Crippen LogP contribution in [0.2, 0.25) is 0 Å². The van der Waals surface area contributed by atoms with E-state index in [1.807, 2.05) is 24.3 Å². The zero-order valence-electron chi connectivity index (χ0n) is 12.3. The van der Waals surface area contributed by atoms with Gasteiger partial charge in [0, 0.05) is 6.42 Å². The van der Waals surface area contributed by atoms with Crippen molar-refractivity contribution in [2.45, 2.75) is 52.1 Å². The molecule has 0 amide bonds. The molecule has 3 heteroatoms. The van der Waals surface area contributed by atoms with Crippen molar-refractivity contribution in [1.82, 2.24) is 0 Å². The van der Waals surface area contributed by atoms with E-state index in [4.69, 9.17) is 4.74 Å². The molecule has 0 aromatic heterocycles. The fraction of sp³-hybridized carbons (Fsp3) is 0.562. The molecule has 0 aliphatic carbocycles. The predicted molar refractivity (Wildman–Crippen MR) is 76.0 cm³/mol. The van der Waals surface area contributed by atoms with Gasteiger partial charge in [-0.1, -0.05) is 45.0 Å². The second-order valence-corrected chi connectivity index (χ2v) is 5.73. The number of carbonyl (C=O) groups excluding carboxylic acids is 1. The minimum absolute atomic E-state index is 0.106. The van der Waals surface area contributed by atoms with Gasteiger partial charge in [-0.25, -0.2) is 0 Å². The Morgan fingerprint density at radius 3 is 2.32 bits per heavy atom. The summed E-state index contributed by atoms with van der Waals surface area (Å²) in [6.07, 6.45) is 0.0300. The van der Waals surface area contributed by atoms with Crippen molar-refractivity contribution < 1.29 is 14.6 Å². The number of esters is 1. The minimum atomic E-state index is -0.613. The SMILES string of the molecule is CCOC(=O)CCC(O)c1ccc(C(C)(C)C)cc1. The molecule has 1 unspecified atom stereocenters. The van der Waals surface area contributed by atoms with Crippen LogP contribution in [0.1, 0.15) is 57.8 Å². The number of ether oxygens (including phenoxy) is 1. The van der Waals surface area contributed by atoms with Crippen LogP contribution in [0.15, 0.2) is 24.3 Å². The van der Waals surface area contributed by atoms with Gasteiger partial charge in [0.25, 0.3) is 0 Å². The topological polar surface area (TPSA) is 46.5 Å². The van der Waals surface area contributed by atoms with Crippen LogP contribution in [-0.4, -0.2) is 17.7 Å². The zero-order valence-corrected chi connectivity index (χ0v) is 12.3. The van der Waals surface area contributed by atoms with Gasteiger partial charge in [-0.05, 0) is 29.9 Å². The Morgan fingerprint density at radius 2 is 1.84 bits per heavy atom. The monoisotopic (exact) mass is 264 g/mol. The van der Waals surface area contributed by atoms with Gasteiger partial charge in [-0.2, -0.15) is 0 Å². The zero-order chi connectivity index (χ0) is 14.5. The fourth-order valence-corrected chi connectivity index (χ4v) is 1.86. The maximum atomic E-state index is 11.2. The maximum absolute atomic E-state index is 11.2. The first-order valence-corrected chi connectivity index (χ1v) is 6.78. The van der Waals surface area contributed by atoms with Crippen LogP contribution in [0.3, 0.4) is 0 Å². The van der Waals surface area contributed by atoms with Crippen molar-refractivity contribution in [2.75, 3.05) is 6.61 Å². The molecule has 1 atom stereocenters. The largest absolute Gasteiger partial charge is 0.466 e. The van der Waals surface area contributed by atoms with E-state index in [0.29, 0.717) is 13.0 Å². The Bertz CT molecular complexity index is 401. The van der Waals surface area contributed by atoms with Gasteiger partial charge < -0.3 is 9.84 Å². The van der Waals surface area contributed by atoms with Crippen molar-refractivity contribution >= 4 is 5.97 Å². The molecule has 0 bridgehead atoms. The van der Waals surface area contributed by atoms with Crippen LogP contribution < -0.4 is 0 Å². The Morgan fingerprint density at radius 1 is 1.26 bits per heavy atom. The molecule has 1 rings (SSSR count). The van der Waals surface area contributed by atoms with Gasteiger partial charge in [0.1, 0.15) is 0 Å². The number of hydrogen-bond acceptors (Lipinski definition) is 3. The van der Waals surface area contributed by atoms with Crippen molar-refractivity contribution in [3.63, 3.8) is 0 Å². The lowest BCUT2D eigenvalue weighted by molar-refractivity contribution is -0.143. The molecule has 1 aromatic carbocycles. The highest BCUT2D eigenvalue weighted by Crippen LogP contribution is 2.25. The number of hydrogen-bond donors (Lipinski definition) is 1. The molecule has 0 heterocycles. The Labute approximate surface area is 115 Å². The molecule has 0 saturated heterocycles. The van der Waals surface area contributed by atoms with Crippen molar-refractivity contribution in [3.05, 3.63) is 35.4 Å². The molecule has 3 nitrogen and oxygen atoms in total. The van der Waals surface area contributed by atoms with Crippen LogP contribution in [0.4, 0.5) is 0 Å². The van der Waals surface area contributed by atoms with Crippen LogP contribution in [0, 0.1) is 0 Å². The highest BCUT2D eigenvalue weighted by atomic mass is 16.5. The van der Waals surface area contributed by atoms with Crippen molar-refractivity contribution in [2.24, 2.45) is 0 Å². The molecule has 0 aliphatic heterocycles. The highest BCUT2D eigenvalue weighted by molar-refractivity contribution is 5.69. The maximum Gasteiger partial charge on any atom is 0.305 e. The highest BCUT2D eigenvalue weighted by Gasteiger charge is 2.15.